The maximum atomic E-state index is 11.6. The third-order valence-corrected chi connectivity index (χ3v) is 2.74. The minimum Gasteiger partial charge on any atom is -0.508 e. The summed E-state index contributed by atoms with van der Waals surface area (Å²) < 4.78 is 5.66. The summed E-state index contributed by atoms with van der Waals surface area (Å²) in [6.45, 7) is 1.82. The van der Waals surface area contributed by atoms with Crippen molar-refractivity contribution in [1.29, 1.82) is 0 Å². The van der Waals surface area contributed by atoms with Gasteiger partial charge >= 0.3 is 5.97 Å². The van der Waals surface area contributed by atoms with Gasteiger partial charge in [0.2, 0.25) is 5.70 Å². The second kappa shape index (κ2) is 7.91. The first kappa shape index (κ1) is 15.7. The highest BCUT2D eigenvalue weighted by Crippen LogP contribution is 2.19. The van der Waals surface area contributed by atoms with Gasteiger partial charge in [-0.25, -0.2) is 4.79 Å². The smallest absolute Gasteiger partial charge is 0.362 e. The summed E-state index contributed by atoms with van der Waals surface area (Å²) in [5.74, 6) is -1.38. The summed E-state index contributed by atoms with van der Waals surface area (Å²) in [5.41, 5.74) is 0.243. The van der Waals surface area contributed by atoms with Crippen molar-refractivity contribution >= 4 is 39.2 Å². The van der Waals surface area contributed by atoms with Gasteiger partial charge in [-0.05, 0) is 31.2 Å². The summed E-state index contributed by atoms with van der Waals surface area (Å²) in [7, 11) is 0. The molecule has 102 valence electrons. The number of hydrogen-bond donors (Lipinski definition) is 1. The molecule has 0 heterocycles. The van der Waals surface area contributed by atoms with Crippen LogP contribution in [0, 0.1) is 0 Å². The first-order chi connectivity index (χ1) is 9.08. The Morgan fingerprint density at radius 1 is 1.42 bits per heavy atom. The van der Waals surface area contributed by atoms with Crippen LogP contribution >= 0.6 is 27.5 Å². The molecule has 1 aromatic rings. The molecule has 0 fully saturated rings. The lowest BCUT2D eigenvalue weighted by molar-refractivity contribution is -0.138. The zero-order chi connectivity index (χ0) is 14.3. The Bertz CT molecular complexity index is 500. The highest BCUT2D eigenvalue weighted by atomic mass is 79.9. The average molecular weight is 348 g/mol. The van der Waals surface area contributed by atoms with Gasteiger partial charge in [0.1, 0.15) is 5.76 Å². The number of alkyl halides is 1. The number of carbonyl (C=O) groups excluding carboxylic acids is 1. The van der Waals surface area contributed by atoms with Crippen LogP contribution in [0.5, 0.6) is 0 Å². The molecule has 0 aliphatic heterocycles. The average Bonchev–Trinajstić information content (AvgIpc) is 2.41. The maximum Gasteiger partial charge on any atom is 0.362 e. The fourth-order valence-corrected chi connectivity index (χ4v) is 1.49. The monoisotopic (exact) mass is 346 g/mol. The van der Waals surface area contributed by atoms with E-state index in [1.165, 1.54) is 0 Å². The van der Waals surface area contributed by atoms with Crippen molar-refractivity contribution in [3.05, 3.63) is 40.2 Å². The predicted octanol–water partition coefficient (Wildman–Crippen LogP) is 4.10. The molecule has 19 heavy (non-hydrogen) atoms. The lowest BCUT2D eigenvalue weighted by Crippen LogP contribution is -2.09. The van der Waals surface area contributed by atoms with E-state index < -0.39 is 5.97 Å². The number of allylic oxidation sites excluding steroid dienone is 1. The summed E-state index contributed by atoms with van der Waals surface area (Å²) in [4.78, 5) is 11.6. The molecule has 1 rings (SSSR count). The van der Waals surface area contributed by atoms with E-state index in [-0.39, 0.29) is 23.9 Å². The molecule has 0 bridgehead atoms. The molecule has 1 aromatic carbocycles. The number of azo groups is 1. The van der Waals surface area contributed by atoms with E-state index in [0.717, 1.165) is 4.47 Å². The van der Waals surface area contributed by atoms with Crippen LogP contribution in [0.1, 0.15) is 6.92 Å². The van der Waals surface area contributed by atoms with Crippen LogP contribution in [-0.2, 0) is 9.53 Å². The molecule has 0 aliphatic carbocycles. The van der Waals surface area contributed by atoms with E-state index in [1.807, 2.05) is 0 Å². The van der Waals surface area contributed by atoms with Gasteiger partial charge in [-0.1, -0.05) is 15.9 Å². The van der Waals surface area contributed by atoms with Crippen molar-refractivity contribution in [3.8, 4) is 0 Å². The second-order valence-electron chi connectivity index (χ2n) is 3.33. The largest absolute Gasteiger partial charge is 0.508 e. The molecule has 0 aromatic heterocycles. The highest BCUT2D eigenvalue weighted by molar-refractivity contribution is 9.10. The number of hydrogen-bond acceptors (Lipinski definition) is 5. The van der Waals surface area contributed by atoms with Crippen molar-refractivity contribution in [2.24, 2.45) is 10.2 Å². The van der Waals surface area contributed by atoms with Crippen LogP contribution in [0.25, 0.3) is 0 Å². The van der Waals surface area contributed by atoms with Crippen molar-refractivity contribution in [2.75, 3.05) is 12.5 Å². The Balaban J connectivity index is 2.95. The minimum atomic E-state index is -0.762. The molecule has 0 atom stereocenters. The van der Waals surface area contributed by atoms with Crippen molar-refractivity contribution in [3.63, 3.8) is 0 Å². The number of nitrogens with zero attached hydrogens (tertiary/aromatic N) is 2. The van der Waals surface area contributed by atoms with Crippen LogP contribution in [-0.4, -0.2) is 23.6 Å². The quantitative estimate of drug-likeness (QED) is 0.286. The first-order valence-electron chi connectivity index (χ1n) is 5.41. The summed E-state index contributed by atoms with van der Waals surface area (Å²) in [5, 5.41) is 17.1. The number of ether oxygens (including phenoxy) is 1. The Hall–Kier alpha value is -1.40. The summed E-state index contributed by atoms with van der Waals surface area (Å²) in [6.07, 6.45) is 0. The number of aliphatic hydroxyl groups excluding tert-OH is 1. The van der Waals surface area contributed by atoms with Gasteiger partial charge in [0.25, 0.3) is 0 Å². The highest BCUT2D eigenvalue weighted by Gasteiger charge is 2.15. The molecular weight excluding hydrogens is 336 g/mol. The minimum absolute atomic E-state index is 0.172. The van der Waals surface area contributed by atoms with E-state index in [1.54, 1.807) is 31.2 Å². The molecule has 7 heteroatoms. The van der Waals surface area contributed by atoms with Crippen molar-refractivity contribution < 1.29 is 14.6 Å². The van der Waals surface area contributed by atoms with Gasteiger partial charge in [0, 0.05) is 4.47 Å². The number of esters is 1. The number of rotatable bonds is 5. The van der Waals surface area contributed by atoms with Gasteiger partial charge in [-0.15, -0.1) is 16.7 Å². The fourth-order valence-electron chi connectivity index (χ4n) is 1.09. The predicted molar refractivity (Wildman–Crippen MR) is 75.7 cm³/mol. The Morgan fingerprint density at radius 2 is 2.05 bits per heavy atom. The molecule has 0 aliphatic rings. The topological polar surface area (TPSA) is 71.2 Å². The summed E-state index contributed by atoms with van der Waals surface area (Å²) in [6, 6.07) is 6.97. The molecule has 0 amide bonds. The van der Waals surface area contributed by atoms with Gasteiger partial charge in [0.15, 0.2) is 0 Å². The SMILES string of the molecule is CCOC(=O)C(N=Nc1ccc(Br)cc1)=C(O)CCl. The molecular formula is C12H12BrClN2O3. The van der Waals surface area contributed by atoms with E-state index in [0.29, 0.717) is 5.69 Å². The standard InChI is InChI=1S/C12H12BrClN2O3/c1-2-19-12(18)11(10(17)7-14)16-15-9-5-3-8(13)4-6-9/h3-6,17H,2,7H2,1H3. The molecule has 0 spiro atoms. The maximum absolute atomic E-state index is 11.6. The fraction of sp³-hybridized carbons (Fsp3) is 0.250. The number of benzene rings is 1. The molecule has 0 saturated heterocycles. The Morgan fingerprint density at radius 3 is 2.58 bits per heavy atom. The van der Waals surface area contributed by atoms with E-state index >= 15 is 0 Å². The van der Waals surface area contributed by atoms with E-state index in [9.17, 15) is 9.90 Å². The normalized spacial score (nSPS) is 12.4. The van der Waals surface area contributed by atoms with Gasteiger partial charge in [-0.3, -0.25) is 0 Å². The lowest BCUT2D eigenvalue weighted by Gasteiger charge is -2.03. The summed E-state index contributed by atoms with van der Waals surface area (Å²) >= 11 is 8.76. The number of halogens is 2. The first-order valence-corrected chi connectivity index (χ1v) is 6.73. The molecule has 0 radical (unpaired) electrons. The van der Waals surface area contributed by atoms with E-state index in [4.69, 9.17) is 16.3 Å². The molecule has 0 saturated carbocycles. The zero-order valence-electron chi connectivity index (χ0n) is 10.1. The number of aliphatic hydroxyl groups is 1. The third-order valence-electron chi connectivity index (χ3n) is 1.96. The van der Waals surface area contributed by atoms with Crippen molar-refractivity contribution in [2.45, 2.75) is 6.92 Å². The third kappa shape index (κ3) is 5.00. The van der Waals surface area contributed by atoms with Crippen LogP contribution < -0.4 is 0 Å². The van der Waals surface area contributed by atoms with Crippen molar-refractivity contribution in [1.82, 2.24) is 0 Å². The second-order valence-corrected chi connectivity index (χ2v) is 4.51. The van der Waals surface area contributed by atoms with Crippen LogP contribution in [0.4, 0.5) is 5.69 Å². The van der Waals surface area contributed by atoms with Gasteiger partial charge in [-0.2, -0.15) is 5.11 Å². The van der Waals surface area contributed by atoms with Crippen LogP contribution in [0.2, 0.25) is 0 Å². The van der Waals surface area contributed by atoms with Crippen LogP contribution in [0.15, 0.2) is 50.4 Å². The Labute approximate surface area is 124 Å². The molecule has 0 unspecified atom stereocenters. The molecule has 5 nitrogen and oxygen atoms in total. The van der Waals surface area contributed by atoms with Gasteiger partial charge < -0.3 is 9.84 Å². The molecule has 1 N–H and O–H groups in total. The number of carbonyl (C=O) groups is 1. The van der Waals surface area contributed by atoms with Gasteiger partial charge in [0.05, 0.1) is 18.2 Å². The Kier molecular flexibility index (Phi) is 6.52. The van der Waals surface area contributed by atoms with E-state index in [2.05, 4.69) is 26.2 Å². The lowest BCUT2D eigenvalue weighted by atomic mass is 10.3. The zero-order valence-corrected chi connectivity index (χ0v) is 12.5. The van der Waals surface area contributed by atoms with Crippen LogP contribution in [0.3, 0.4) is 0 Å².